The second-order valence-corrected chi connectivity index (χ2v) is 15.5. The molecule has 2 amide bonds. The van der Waals surface area contributed by atoms with Gasteiger partial charge in [-0.05, 0) is 103 Å². The fourth-order valence-corrected chi connectivity index (χ4v) is 7.79. The van der Waals surface area contributed by atoms with Crippen molar-refractivity contribution < 1.29 is 23.5 Å². The van der Waals surface area contributed by atoms with Gasteiger partial charge in [-0.25, -0.2) is 14.8 Å². The first-order valence-corrected chi connectivity index (χ1v) is 19.8. The molecule has 0 radical (unpaired) electrons. The van der Waals surface area contributed by atoms with Crippen LogP contribution in [0, 0.1) is 18.8 Å². The molecule has 3 aromatic heterocycles. The van der Waals surface area contributed by atoms with E-state index in [1.807, 2.05) is 32.2 Å². The van der Waals surface area contributed by atoms with E-state index in [4.69, 9.17) is 9.15 Å². The second kappa shape index (κ2) is 19.9. The van der Waals surface area contributed by atoms with E-state index in [-0.39, 0.29) is 17.9 Å². The van der Waals surface area contributed by atoms with Gasteiger partial charge in [0.15, 0.2) is 5.89 Å². The molecule has 3 aliphatic carbocycles. The van der Waals surface area contributed by atoms with Crippen LogP contribution in [0.3, 0.4) is 0 Å². The Morgan fingerprint density at radius 2 is 1.53 bits per heavy atom. The molecule has 3 saturated carbocycles. The van der Waals surface area contributed by atoms with E-state index >= 15 is 0 Å². The molecule has 0 unspecified atom stereocenters. The minimum absolute atomic E-state index is 0.141. The number of rotatable bonds is 8. The van der Waals surface area contributed by atoms with Gasteiger partial charge in [-0.15, -0.1) is 0 Å². The topological polar surface area (TPSA) is 114 Å². The van der Waals surface area contributed by atoms with Crippen molar-refractivity contribution in [3.8, 4) is 17.0 Å². The monoisotopic (exact) mass is 730 g/mol. The Hall–Kier alpha value is -3.99. The Bertz CT molecular complexity index is 1590. The minimum Gasteiger partial charge on any atom is -0.495 e. The van der Waals surface area contributed by atoms with Crippen molar-refractivity contribution in [3.63, 3.8) is 0 Å². The van der Waals surface area contributed by atoms with Crippen LogP contribution in [0.1, 0.15) is 119 Å². The van der Waals surface area contributed by atoms with Gasteiger partial charge in [-0.3, -0.25) is 14.7 Å². The number of piperidine rings is 1. The second-order valence-electron chi connectivity index (χ2n) is 15.5. The van der Waals surface area contributed by atoms with Crippen molar-refractivity contribution in [2.45, 2.75) is 109 Å². The summed E-state index contributed by atoms with van der Waals surface area (Å²) in [5.41, 5.74) is 4.03. The summed E-state index contributed by atoms with van der Waals surface area (Å²) in [5, 5.41) is 0. The molecule has 290 valence electrons. The number of carbonyl (C=O) groups is 2. The number of pyridine rings is 2. The molecule has 0 spiro atoms. The lowest BCUT2D eigenvalue weighted by Gasteiger charge is -2.32. The Balaban J connectivity index is 0.000000163. The third-order valence-electron chi connectivity index (χ3n) is 11.1. The largest absolute Gasteiger partial charge is 0.495 e. The standard InChI is InChI=1S/C19H23N3O2.C13H19NO.C10H20N2O2/c1-22(19(23)14-5-3-2-4-6-14)17-11-15(9-10-20-17)16-12-24-18(21-16)13-7-8-13;1-10-13(15-2)9-8-12(14-10)11-6-4-3-5-7-11;1-11(2)8-9-4-6-12(7-5-9)10(13)14-3/h9-14H,2-8H2,1H3;8-9,11H,3-7H2,1-2H3;9H,4-8H2,1-3H3. The number of oxazole rings is 1. The third kappa shape index (κ3) is 11.7. The molecule has 4 fully saturated rings. The Kier molecular flexibility index (Phi) is 15.1. The molecule has 11 nitrogen and oxygen atoms in total. The number of aromatic nitrogens is 3. The highest BCUT2D eigenvalue weighted by Gasteiger charge is 2.29. The van der Waals surface area contributed by atoms with Crippen LogP contribution in [-0.4, -0.2) is 91.7 Å². The van der Waals surface area contributed by atoms with Crippen LogP contribution in [0.2, 0.25) is 0 Å². The number of likely N-dealkylation sites (tertiary alicyclic amines) is 1. The summed E-state index contributed by atoms with van der Waals surface area (Å²) in [7, 11) is 9.14. The van der Waals surface area contributed by atoms with Gasteiger partial charge in [0.05, 0.1) is 19.9 Å². The molecular weight excluding hydrogens is 668 g/mol. The van der Waals surface area contributed by atoms with Crippen LogP contribution in [0.15, 0.2) is 41.1 Å². The number of carbonyl (C=O) groups excluding carboxylic acids is 2. The number of aryl methyl sites for hydroxylation is 1. The van der Waals surface area contributed by atoms with Crippen molar-refractivity contribution in [3.05, 3.63) is 54.0 Å². The fourth-order valence-electron chi connectivity index (χ4n) is 7.79. The maximum absolute atomic E-state index is 12.7. The molecule has 11 heteroatoms. The van der Waals surface area contributed by atoms with Crippen LogP contribution in [0.4, 0.5) is 10.6 Å². The van der Waals surface area contributed by atoms with Crippen LogP contribution in [-0.2, 0) is 9.53 Å². The SMILES string of the molecule is CN(C(=O)C1CCCCC1)c1cc(-c2coc(C3CC3)n2)ccn1.COC(=O)N1CCC(CN(C)C)CC1.COc1ccc(C2CCCCC2)nc1C. The number of amides is 2. The lowest BCUT2D eigenvalue weighted by Crippen LogP contribution is -2.40. The quantitative estimate of drug-likeness (QED) is 0.225. The first-order chi connectivity index (χ1) is 25.7. The molecule has 4 heterocycles. The highest BCUT2D eigenvalue weighted by Crippen LogP contribution is 2.40. The molecule has 0 bridgehead atoms. The summed E-state index contributed by atoms with van der Waals surface area (Å²) in [6.45, 7) is 4.82. The van der Waals surface area contributed by atoms with Gasteiger partial charge in [0.2, 0.25) is 5.91 Å². The molecular formula is C42H62N6O5. The molecule has 0 N–H and O–H groups in total. The number of hydrogen-bond acceptors (Lipinski definition) is 9. The van der Waals surface area contributed by atoms with Crippen molar-refractivity contribution >= 4 is 17.8 Å². The number of methoxy groups -OCH3 is 2. The maximum Gasteiger partial charge on any atom is 0.409 e. The van der Waals surface area contributed by atoms with E-state index in [1.165, 1.54) is 64.2 Å². The predicted molar refractivity (Wildman–Crippen MR) is 208 cm³/mol. The molecule has 3 aromatic rings. The zero-order valence-electron chi connectivity index (χ0n) is 33.0. The lowest BCUT2D eigenvalue weighted by atomic mass is 9.86. The predicted octanol–water partition coefficient (Wildman–Crippen LogP) is 8.63. The smallest absolute Gasteiger partial charge is 0.409 e. The molecule has 0 atom stereocenters. The summed E-state index contributed by atoms with van der Waals surface area (Å²) < 4.78 is 15.5. The van der Waals surface area contributed by atoms with Crippen LogP contribution >= 0.6 is 0 Å². The summed E-state index contributed by atoms with van der Waals surface area (Å²) >= 11 is 0. The van der Waals surface area contributed by atoms with Crippen molar-refractivity contribution in [1.82, 2.24) is 24.8 Å². The number of hydrogen-bond donors (Lipinski definition) is 0. The van der Waals surface area contributed by atoms with Gasteiger partial charge in [-0.2, -0.15) is 0 Å². The molecule has 0 aromatic carbocycles. The molecule has 4 aliphatic rings. The molecule has 7 rings (SSSR count). The highest BCUT2D eigenvalue weighted by molar-refractivity contribution is 5.94. The van der Waals surface area contributed by atoms with E-state index in [0.29, 0.717) is 17.7 Å². The van der Waals surface area contributed by atoms with Gasteiger partial charge in [0, 0.05) is 61.9 Å². The number of ether oxygens (including phenoxy) is 2. The van der Waals surface area contributed by atoms with Crippen molar-refractivity contribution in [1.29, 1.82) is 0 Å². The van der Waals surface area contributed by atoms with E-state index in [9.17, 15) is 9.59 Å². The number of nitrogens with zero attached hydrogens (tertiary/aromatic N) is 6. The van der Waals surface area contributed by atoms with Crippen LogP contribution in [0.25, 0.3) is 11.3 Å². The molecule has 1 aliphatic heterocycles. The molecule has 53 heavy (non-hydrogen) atoms. The van der Waals surface area contributed by atoms with Gasteiger partial charge in [0.1, 0.15) is 23.5 Å². The van der Waals surface area contributed by atoms with Gasteiger partial charge in [0.25, 0.3) is 0 Å². The zero-order chi connectivity index (χ0) is 37.7. The van der Waals surface area contributed by atoms with E-state index in [0.717, 1.165) is 92.7 Å². The summed E-state index contributed by atoms with van der Waals surface area (Å²) in [5.74, 6) is 4.63. The molecule has 1 saturated heterocycles. The average Bonchev–Trinajstić information content (AvgIpc) is 3.93. The maximum atomic E-state index is 12.7. The fraction of sp³-hybridized carbons (Fsp3) is 0.643. The van der Waals surface area contributed by atoms with Gasteiger partial charge < -0.3 is 23.7 Å². The van der Waals surface area contributed by atoms with E-state index in [2.05, 4.69) is 44.8 Å². The zero-order valence-corrected chi connectivity index (χ0v) is 33.0. The summed E-state index contributed by atoms with van der Waals surface area (Å²) in [6.07, 6.45) is 20.0. The minimum atomic E-state index is -0.187. The van der Waals surface area contributed by atoms with E-state index < -0.39 is 0 Å². The Morgan fingerprint density at radius 3 is 2.13 bits per heavy atom. The first kappa shape index (κ1) is 40.2. The normalized spacial score (nSPS) is 18.4. The first-order valence-electron chi connectivity index (χ1n) is 19.8. The summed E-state index contributed by atoms with van der Waals surface area (Å²) in [4.78, 5) is 43.2. The van der Waals surface area contributed by atoms with E-state index in [1.54, 1.807) is 29.4 Å². The highest BCUT2D eigenvalue weighted by atomic mass is 16.5. The van der Waals surface area contributed by atoms with Crippen molar-refractivity contribution in [2.24, 2.45) is 11.8 Å². The van der Waals surface area contributed by atoms with Gasteiger partial charge in [-0.1, -0.05) is 38.5 Å². The number of anilines is 1. The van der Waals surface area contributed by atoms with Crippen LogP contribution < -0.4 is 9.64 Å². The third-order valence-corrected chi connectivity index (χ3v) is 11.1. The lowest BCUT2D eigenvalue weighted by molar-refractivity contribution is -0.123. The summed E-state index contributed by atoms with van der Waals surface area (Å²) in [6, 6.07) is 8.01. The van der Waals surface area contributed by atoms with Gasteiger partial charge >= 0.3 is 6.09 Å². The van der Waals surface area contributed by atoms with Crippen LogP contribution in [0.5, 0.6) is 5.75 Å². The Morgan fingerprint density at radius 1 is 0.849 bits per heavy atom. The van der Waals surface area contributed by atoms with Crippen molar-refractivity contribution in [2.75, 3.05) is 59.9 Å². The Labute approximate surface area is 316 Å². The average molecular weight is 731 g/mol.